The maximum absolute atomic E-state index is 13.3. The minimum absolute atomic E-state index is 0.0986. The third-order valence-electron chi connectivity index (χ3n) is 4.60. The second-order valence-electron chi connectivity index (χ2n) is 6.64. The van der Waals surface area contributed by atoms with Crippen LogP contribution in [0.5, 0.6) is 5.75 Å². The van der Waals surface area contributed by atoms with Gasteiger partial charge in [-0.15, -0.1) is 0 Å². The van der Waals surface area contributed by atoms with Crippen molar-refractivity contribution in [3.05, 3.63) is 89.0 Å². The molecule has 0 atom stereocenters. The first-order valence-electron chi connectivity index (χ1n) is 8.85. The molecule has 1 aliphatic rings. The van der Waals surface area contributed by atoms with Gasteiger partial charge in [0.05, 0.1) is 6.20 Å². The predicted octanol–water partition coefficient (Wildman–Crippen LogP) is 4.31. The number of amides is 1. The van der Waals surface area contributed by atoms with Gasteiger partial charge >= 0.3 is 0 Å². The van der Waals surface area contributed by atoms with Crippen LogP contribution in [0.15, 0.2) is 60.8 Å². The fourth-order valence-electron chi connectivity index (χ4n) is 3.25. The van der Waals surface area contributed by atoms with Crippen molar-refractivity contribution in [3.63, 3.8) is 0 Å². The van der Waals surface area contributed by atoms with Crippen LogP contribution in [0, 0.1) is 12.7 Å². The third kappa shape index (κ3) is 3.67. The van der Waals surface area contributed by atoms with Crippen LogP contribution in [0.2, 0.25) is 0 Å². The van der Waals surface area contributed by atoms with Gasteiger partial charge in [-0.1, -0.05) is 24.3 Å². The van der Waals surface area contributed by atoms with Gasteiger partial charge < -0.3 is 9.64 Å². The molecule has 27 heavy (non-hydrogen) atoms. The molecule has 136 valence electrons. The number of hydrogen-bond donors (Lipinski definition) is 0. The lowest BCUT2D eigenvalue weighted by Gasteiger charge is -2.28. The molecule has 0 bridgehead atoms. The van der Waals surface area contributed by atoms with E-state index in [9.17, 15) is 9.18 Å². The Balaban J connectivity index is 1.51. The number of aromatic nitrogens is 1. The fraction of sp³-hybridized carbons (Fsp3) is 0.182. The average Bonchev–Trinajstić information content (AvgIpc) is 2.67. The maximum Gasteiger partial charge on any atom is 0.277 e. The van der Waals surface area contributed by atoms with E-state index in [1.165, 1.54) is 12.1 Å². The highest BCUT2D eigenvalue weighted by atomic mass is 19.1. The Morgan fingerprint density at radius 1 is 1.15 bits per heavy atom. The Morgan fingerprint density at radius 2 is 2.00 bits per heavy atom. The minimum atomic E-state index is -0.290. The molecule has 0 saturated carbocycles. The van der Waals surface area contributed by atoms with E-state index in [1.807, 2.05) is 37.3 Å². The monoisotopic (exact) mass is 362 g/mol. The quantitative estimate of drug-likeness (QED) is 0.694. The minimum Gasteiger partial charge on any atom is -0.487 e. The largest absolute Gasteiger partial charge is 0.487 e. The fourth-order valence-corrected chi connectivity index (χ4v) is 3.25. The SMILES string of the molecule is Cc1cccc(N2CCc3cc(OCc4cccc(F)c4)cnc3C2=O)c1. The van der Waals surface area contributed by atoms with Crippen molar-refractivity contribution in [2.45, 2.75) is 20.0 Å². The lowest BCUT2D eigenvalue weighted by atomic mass is 10.0. The summed E-state index contributed by atoms with van der Waals surface area (Å²) in [7, 11) is 0. The van der Waals surface area contributed by atoms with E-state index in [4.69, 9.17) is 4.74 Å². The Kier molecular flexibility index (Phi) is 4.59. The standard InChI is InChI=1S/C22H19FN2O2/c1-15-4-2-7-19(10-15)25-9-8-17-12-20(13-24-21(17)22(25)26)27-14-16-5-3-6-18(23)11-16/h2-7,10-13H,8-9,14H2,1H3. The number of nitrogens with zero attached hydrogens (tertiary/aromatic N) is 2. The first kappa shape index (κ1) is 17.2. The number of ether oxygens (including phenoxy) is 1. The number of pyridine rings is 1. The topological polar surface area (TPSA) is 42.4 Å². The van der Waals surface area contributed by atoms with E-state index in [0.717, 1.165) is 22.4 Å². The molecule has 1 aromatic heterocycles. The summed E-state index contributed by atoms with van der Waals surface area (Å²) in [4.78, 5) is 18.9. The second-order valence-corrected chi connectivity index (χ2v) is 6.64. The molecule has 0 fully saturated rings. The van der Waals surface area contributed by atoms with Crippen molar-refractivity contribution < 1.29 is 13.9 Å². The van der Waals surface area contributed by atoms with Crippen molar-refractivity contribution in [2.75, 3.05) is 11.4 Å². The maximum atomic E-state index is 13.3. The van der Waals surface area contributed by atoms with Crippen molar-refractivity contribution >= 4 is 11.6 Å². The number of anilines is 1. The van der Waals surface area contributed by atoms with Crippen LogP contribution in [-0.4, -0.2) is 17.4 Å². The average molecular weight is 362 g/mol. The van der Waals surface area contributed by atoms with Gasteiger partial charge in [-0.05, 0) is 60.4 Å². The van der Waals surface area contributed by atoms with Gasteiger partial charge in [0, 0.05) is 12.2 Å². The molecule has 1 amide bonds. The molecule has 5 heteroatoms. The summed E-state index contributed by atoms with van der Waals surface area (Å²) in [6, 6.07) is 16.0. The van der Waals surface area contributed by atoms with Gasteiger partial charge in [-0.2, -0.15) is 0 Å². The summed E-state index contributed by atoms with van der Waals surface area (Å²) < 4.78 is 19.0. The normalized spacial score (nSPS) is 13.4. The molecular weight excluding hydrogens is 343 g/mol. The van der Waals surface area contributed by atoms with Crippen LogP contribution in [0.25, 0.3) is 0 Å². The molecule has 0 spiro atoms. The van der Waals surface area contributed by atoms with E-state index in [2.05, 4.69) is 4.98 Å². The zero-order valence-corrected chi connectivity index (χ0v) is 15.0. The molecule has 2 heterocycles. The first-order chi connectivity index (χ1) is 13.1. The summed E-state index contributed by atoms with van der Waals surface area (Å²) in [5.74, 6) is 0.190. The van der Waals surface area contributed by atoms with Gasteiger partial charge in [-0.25, -0.2) is 9.37 Å². The first-order valence-corrected chi connectivity index (χ1v) is 8.85. The number of benzene rings is 2. The molecule has 3 aromatic rings. The molecule has 0 N–H and O–H groups in total. The number of fused-ring (bicyclic) bond motifs is 1. The summed E-state index contributed by atoms with van der Waals surface area (Å²) >= 11 is 0. The van der Waals surface area contributed by atoms with Crippen molar-refractivity contribution in [1.82, 2.24) is 4.98 Å². The lowest BCUT2D eigenvalue weighted by molar-refractivity contribution is 0.0975. The zero-order chi connectivity index (χ0) is 18.8. The molecule has 0 aliphatic carbocycles. The predicted molar refractivity (Wildman–Crippen MR) is 102 cm³/mol. The van der Waals surface area contributed by atoms with Crippen LogP contribution in [-0.2, 0) is 13.0 Å². The van der Waals surface area contributed by atoms with Crippen molar-refractivity contribution in [1.29, 1.82) is 0 Å². The Morgan fingerprint density at radius 3 is 2.81 bits per heavy atom. The van der Waals surface area contributed by atoms with E-state index in [1.54, 1.807) is 23.2 Å². The molecule has 0 unspecified atom stereocenters. The Hall–Kier alpha value is -3.21. The van der Waals surface area contributed by atoms with Gasteiger partial charge in [-0.3, -0.25) is 4.79 Å². The highest BCUT2D eigenvalue weighted by Crippen LogP contribution is 2.26. The highest BCUT2D eigenvalue weighted by molar-refractivity contribution is 6.06. The molecule has 4 nitrogen and oxygen atoms in total. The number of carbonyl (C=O) groups excluding carboxylic acids is 1. The number of halogens is 1. The van der Waals surface area contributed by atoms with E-state index < -0.39 is 0 Å². The second kappa shape index (κ2) is 7.19. The zero-order valence-electron chi connectivity index (χ0n) is 15.0. The highest BCUT2D eigenvalue weighted by Gasteiger charge is 2.27. The van der Waals surface area contributed by atoms with Crippen LogP contribution in [0.3, 0.4) is 0 Å². The molecule has 1 aliphatic heterocycles. The number of aryl methyl sites for hydroxylation is 1. The molecule has 0 saturated heterocycles. The number of carbonyl (C=O) groups is 1. The summed E-state index contributed by atoms with van der Waals surface area (Å²) in [6.07, 6.45) is 2.26. The van der Waals surface area contributed by atoms with Crippen molar-refractivity contribution in [3.8, 4) is 5.75 Å². The summed E-state index contributed by atoms with van der Waals surface area (Å²) in [5.41, 5.74) is 4.08. The summed E-state index contributed by atoms with van der Waals surface area (Å²) in [5, 5.41) is 0. The van der Waals surface area contributed by atoms with Crippen molar-refractivity contribution in [2.24, 2.45) is 0 Å². The van der Waals surface area contributed by atoms with Crippen LogP contribution < -0.4 is 9.64 Å². The van der Waals surface area contributed by atoms with Gasteiger partial charge in [0.2, 0.25) is 0 Å². The van der Waals surface area contributed by atoms with Gasteiger partial charge in [0.15, 0.2) is 0 Å². The van der Waals surface area contributed by atoms with E-state index in [0.29, 0.717) is 24.4 Å². The van der Waals surface area contributed by atoms with E-state index >= 15 is 0 Å². The van der Waals surface area contributed by atoms with Crippen LogP contribution in [0.4, 0.5) is 10.1 Å². The molecular formula is C22H19FN2O2. The van der Waals surface area contributed by atoms with E-state index in [-0.39, 0.29) is 18.3 Å². The molecule has 4 rings (SSSR count). The third-order valence-corrected chi connectivity index (χ3v) is 4.60. The lowest BCUT2D eigenvalue weighted by Crippen LogP contribution is -2.38. The Bertz CT molecular complexity index is 1000. The van der Waals surface area contributed by atoms with Crippen LogP contribution in [0.1, 0.15) is 27.2 Å². The Labute approximate surface area is 157 Å². The van der Waals surface area contributed by atoms with Gasteiger partial charge in [0.1, 0.15) is 23.9 Å². The molecule has 2 aromatic carbocycles. The van der Waals surface area contributed by atoms with Crippen LogP contribution >= 0.6 is 0 Å². The molecule has 0 radical (unpaired) electrons. The number of rotatable bonds is 4. The number of hydrogen-bond acceptors (Lipinski definition) is 3. The van der Waals surface area contributed by atoms with Gasteiger partial charge in [0.25, 0.3) is 5.91 Å². The smallest absolute Gasteiger partial charge is 0.277 e. The summed E-state index contributed by atoms with van der Waals surface area (Å²) in [6.45, 7) is 2.86.